The molecule has 2 amide bonds. The van der Waals surface area contributed by atoms with E-state index in [-0.39, 0.29) is 24.5 Å². The molecule has 2 aliphatic rings. The van der Waals surface area contributed by atoms with Crippen LogP contribution in [0.2, 0.25) is 10.0 Å². The van der Waals surface area contributed by atoms with Crippen LogP contribution in [0.1, 0.15) is 10.4 Å². The van der Waals surface area contributed by atoms with Crippen molar-refractivity contribution in [3.05, 3.63) is 73.9 Å². The molecule has 3 heterocycles. The van der Waals surface area contributed by atoms with Crippen molar-refractivity contribution >= 4 is 63.5 Å². The first-order chi connectivity index (χ1) is 15.0. The van der Waals surface area contributed by atoms with Crippen molar-refractivity contribution in [2.24, 2.45) is 0 Å². The number of hydrogen-bond donors (Lipinski definition) is 0. The molecule has 2 aromatic carbocycles. The van der Waals surface area contributed by atoms with Gasteiger partial charge in [0.1, 0.15) is 0 Å². The first-order valence-corrected chi connectivity index (χ1v) is 11.6. The average molecular weight is 490 g/mol. The minimum Gasteiger partial charge on any atom is -0.454 e. The Morgan fingerprint density at radius 2 is 1.74 bits per heavy atom. The summed E-state index contributed by atoms with van der Waals surface area (Å²) in [4.78, 5) is 28.9. The summed E-state index contributed by atoms with van der Waals surface area (Å²) >= 11 is 14.7. The normalized spacial score (nSPS) is 16.6. The van der Waals surface area contributed by atoms with Crippen molar-refractivity contribution in [1.82, 2.24) is 4.90 Å². The van der Waals surface area contributed by atoms with Gasteiger partial charge < -0.3 is 9.47 Å². The molecule has 0 atom stereocenters. The summed E-state index contributed by atoms with van der Waals surface area (Å²) in [7, 11) is 0. The molecule has 0 saturated carbocycles. The number of thiophene rings is 1. The monoisotopic (exact) mass is 489 g/mol. The topological polar surface area (TPSA) is 55.8 Å². The van der Waals surface area contributed by atoms with Crippen molar-refractivity contribution < 1.29 is 19.1 Å². The number of ether oxygens (including phenoxy) is 2. The van der Waals surface area contributed by atoms with Crippen LogP contribution in [-0.4, -0.2) is 22.8 Å². The van der Waals surface area contributed by atoms with Gasteiger partial charge in [-0.15, -0.1) is 11.3 Å². The van der Waals surface area contributed by atoms with Crippen LogP contribution in [0.3, 0.4) is 0 Å². The summed E-state index contributed by atoms with van der Waals surface area (Å²) in [5.74, 6) is 0.761. The summed E-state index contributed by atoms with van der Waals surface area (Å²) in [6, 6.07) is 14.8. The predicted octanol–water partition coefficient (Wildman–Crippen LogP) is 6.69. The van der Waals surface area contributed by atoms with Gasteiger partial charge in [-0.3, -0.25) is 14.5 Å². The Hall–Kier alpha value is -2.45. The van der Waals surface area contributed by atoms with Gasteiger partial charge in [0.2, 0.25) is 6.79 Å². The van der Waals surface area contributed by atoms with E-state index in [1.54, 1.807) is 18.2 Å². The molecule has 0 aliphatic carbocycles. The average Bonchev–Trinajstić information content (AvgIpc) is 3.45. The minimum absolute atomic E-state index is 0.0674. The number of fused-ring (bicyclic) bond motifs is 1. The van der Waals surface area contributed by atoms with E-state index in [1.165, 1.54) is 16.2 Å². The quantitative estimate of drug-likeness (QED) is 0.382. The van der Waals surface area contributed by atoms with Gasteiger partial charge in [0.15, 0.2) is 11.5 Å². The van der Waals surface area contributed by atoms with Crippen LogP contribution in [0.4, 0.5) is 4.79 Å². The van der Waals surface area contributed by atoms with E-state index in [9.17, 15) is 9.59 Å². The fourth-order valence-corrected chi connectivity index (χ4v) is 5.42. The predicted molar refractivity (Wildman–Crippen MR) is 124 cm³/mol. The Balaban J connectivity index is 1.36. The first-order valence-electron chi connectivity index (χ1n) is 9.17. The zero-order chi connectivity index (χ0) is 21.5. The maximum absolute atomic E-state index is 12.9. The number of halogens is 2. The van der Waals surface area contributed by atoms with E-state index >= 15 is 0 Å². The maximum atomic E-state index is 12.9. The van der Waals surface area contributed by atoms with E-state index in [1.807, 2.05) is 36.4 Å². The molecule has 1 fully saturated rings. The molecule has 1 saturated heterocycles. The fourth-order valence-electron chi connectivity index (χ4n) is 3.22. The third-order valence-corrected chi connectivity index (χ3v) is 7.37. The van der Waals surface area contributed by atoms with Gasteiger partial charge >= 0.3 is 0 Å². The number of imide groups is 1. The van der Waals surface area contributed by atoms with Gasteiger partial charge in [-0.1, -0.05) is 35.3 Å². The molecule has 9 heteroatoms. The number of carbonyl (C=O) groups excluding carboxylic acids is 2. The van der Waals surface area contributed by atoms with Crippen molar-refractivity contribution in [2.45, 2.75) is 6.54 Å². The van der Waals surface area contributed by atoms with Crippen LogP contribution in [0, 0.1) is 0 Å². The van der Waals surface area contributed by atoms with E-state index in [4.69, 9.17) is 32.7 Å². The second kappa shape index (κ2) is 8.24. The molecular formula is C22H13Cl2NO4S2. The van der Waals surface area contributed by atoms with Gasteiger partial charge in [0.05, 0.1) is 11.4 Å². The molecule has 156 valence electrons. The summed E-state index contributed by atoms with van der Waals surface area (Å²) < 4.78 is 10.7. The zero-order valence-electron chi connectivity index (χ0n) is 15.8. The lowest BCUT2D eigenvalue weighted by molar-refractivity contribution is -0.123. The van der Waals surface area contributed by atoms with E-state index in [0.29, 0.717) is 32.0 Å². The Morgan fingerprint density at radius 1 is 1.00 bits per heavy atom. The van der Waals surface area contributed by atoms with Gasteiger partial charge in [-0.05, 0) is 59.3 Å². The number of thioether (sulfide) groups is 1. The highest BCUT2D eigenvalue weighted by Gasteiger charge is 2.35. The number of rotatable bonds is 4. The van der Waals surface area contributed by atoms with Gasteiger partial charge in [-0.2, -0.15) is 0 Å². The molecule has 5 rings (SSSR count). The van der Waals surface area contributed by atoms with Crippen molar-refractivity contribution in [3.8, 4) is 21.9 Å². The first kappa shape index (κ1) is 20.5. The minimum atomic E-state index is -0.342. The van der Waals surface area contributed by atoms with Crippen molar-refractivity contribution in [1.29, 1.82) is 0 Å². The fraction of sp³-hybridized carbons (Fsp3) is 0.0909. The Labute approximate surface area is 196 Å². The molecule has 3 aromatic rings. The van der Waals surface area contributed by atoms with Crippen LogP contribution in [0.15, 0.2) is 53.4 Å². The van der Waals surface area contributed by atoms with Gasteiger partial charge in [0, 0.05) is 25.9 Å². The smallest absolute Gasteiger partial charge is 0.293 e. The maximum Gasteiger partial charge on any atom is 0.293 e. The van der Waals surface area contributed by atoms with Crippen molar-refractivity contribution in [3.63, 3.8) is 0 Å². The molecule has 0 unspecified atom stereocenters. The highest BCUT2D eigenvalue weighted by molar-refractivity contribution is 8.18. The second-order valence-corrected chi connectivity index (χ2v) is 9.73. The lowest BCUT2D eigenvalue weighted by Crippen LogP contribution is -2.27. The summed E-state index contributed by atoms with van der Waals surface area (Å²) in [5, 5.41) is 0.759. The third kappa shape index (κ3) is 4.06. The number of amides is 2. The SMILES string of the molecule is O=C1S/C(=C\c2ccc(-c3ccc(Cl)cc3)s2)C(=O)N1Cc1cc2c(cc1Cl)OCO2. The van der Waals surface area contributed by atoms with Crippen LogP contribution >= 0.6 is 46.3 Å². The zero-order valence-corrected chi connectivity index (χ0v) is 18.9. The molecule has 2 aliphatic heterocycles. The van der Waals surface area contributed by atoms with Gasteiger partial charge in [-0.25, -0.2) is 0 Å². The summed E-state index contributed by atoms with van der Waals surface area (Å²) in [5.41, 5.74) is 1.66. The molecule has 0 radical (unpaired) electrons. The summed E-state index contributed by atoms with van der Waals surface area (Å²) in [6.45, 7) is 0.191. The van der Waals surface area contributed by atoms with E-state index < -0.39 is 0 Å². The molecule has 31 heavy (non-hydrogen) atoms. The molecular weight excluding hydrogens is 477 g/mol. The molecule has 0 spiro atoms. The van der Waals surface area contributed by atoms with Crippen molar-refractivity contribution in [2.75, 3.05) is 6.79 Å². The number of nitrogens with zero attached hydrogens (tertiary/aromatic N) is 1. The highest BCUT2D eigenvalue weighted by atomic mass is 35.5. The third-order valence-electron chi connectivity index (χ3n) is 4.77. The Morgan fingerprint density at radius 3 is 2.52 bits per heavy atom. The van der Waals surface area contributed by atoms with Crippen LogP contribution in [-0.2, 0) is 11.3 Å². The number of carbonyl (C=O) groups is 2. The molecule has 0 bridgehead atoms. The molecule has 5 nitrogen and oxygen atoms in total. The highest BCUT2D eigenvalue weighted by Crippen LogP contribution is 2.40. The Bertz CT molecular complexity index is 1240. The largest absolute Gasteiger partial charge is 0.454 e. The summed E-state index contributed by atoms with van der Waals surface area (Å²) in [6.07, 6.45) is 1.75. The molecule has 0 N–H and O–H groups in total. The van der Waals surface area contributed by atoms with E-state index in [0.717, 1.165) is 27.1 Å². The van der Waals surface area contributed by atoms with Crippen LogP contribution in [0.25, 0.3) is 16.5 Å². The lowest BCUT2D eigenvalue weighted by Gasteiger charge is -2.14. The number of hydrogen-bond acceptors (Lipinski definition) is 6. The Kier molecular flexibility index (Phi) is 5.44. The van der Waals surface area contributed by atoms with Gasteiger partial charge in [0.25, 0.3) is 11.1 Å². The standard InChI is InChI=1S/C22H13Cl2NO4S2/c23-14-3-1-12(2-4-14)19-6-5-15(30-19)8-20-21(26)25(22(27)31-20)10-13-7-17-18(9-16(13)24)29-11-28-17/h1-9H,10-11H2/b20-8-. The molecule has 1 aromatic heterocycles. The van der Waals surface area contributed by atoms with Crippen LogP contribution < -0.4 is 9.47 Å². The van der Waals surface area contributed by atoms with E-state index in [2.05, 4.69) is 0 Å². The van der Waals surface area contributed by atoms with Crippen LogP contribution in [0.5, 0.6) is 11.5 Å². The lowest BCUT2D eigenvalue weighted by atomic mass is 10.2. The second-order valence-electron chi connectivity index (χ2n) is 6.77. The number of benzene rings is 2.